The molecule has 0 saturated carbocycles. The van der Waals surface area contributed by atoms with E-state index in [2.05, 4.69) is 38.5 Å². The van der Waals surface area contributed by atoms with E-state index in [1.165, 1.54) is 6.07 Å². The fraction of sp³-hybridized carbons (Fsp3) is 0. The second kappa shape index (κ2) is 3.54. The smallest absolute Gasteiger partial charge is 0.150 e. The van der Waals surface area contributed by atoms with Crippen LogP contribution in [-0.2, 0) is 0 Å². The number of rotatable bonds is 1. The maximum absolute atomic E-state index is 10.5. The second-order valence-corrected chi connectivity index (χ2v) is 4.80. The molecule has 72 valence electrons. The monoisotopic (exact) mass is 365 g/mol. The molecule has 0 atom stereocenters. The standard InChI is InChI=1S/C9H4BrIO3/c10-6-3-5(11)1-4-2-7(9(12)13)14-8(4)6/h1-3H,(H,12,13)/p-1. The molecule has 0 bridgehead atoms. The van der Waals surface area contributed by atoms with E-state index in [-0.39, 0.29) is 5.76 Å². The summed E-state index contributed by atoms with van der Waals surface area (Å²) in [6.45, 7) is 0. The van der Waals surface area contributed by atoms with Crippen molar-refractivity contribution in [2.45, 2.75) is 0 Å². The van der Waals surface area contributed by atoms with Crippen LogP contribution in [0.4, 0.5) is 0 Å². The Balaban J connectivity index is 2.76. The highest BCUT2D eigenvalue weighted by molar-refractivity contribution is 14.1. The second-order valence-electron chi connectivity index (χ2n) is 2.70. The largest absolute Gasteiger partial charge is 0.542 e. The van der Waals surface area contributed by atoms with E-state index in [0.717, 1.165) is 13.4 Å². The van der Waals surface area contributed by atoms with E-state index in [1.807, 2.05) is 12.1 Å². The Bertz CT molecular complexity index is 518. The molecule has 0 N–H and O–H groups in total. The Morgan fingerprint density at radius 3 is 2.79 bits per heavy atom. The van der Waals surface area contributed by atoms with Gasteiger partial charge in [0.1, 0.15) is 11.6 Å². The van der Waals surface area contributed by atoms with Crippen LogP contribution in [0.2, 0.25) is 0 Å². The number of carboxylic acids is 1. The van der Waals surface area contributed by atoms with Crippen LogP contribution in [0.3, 0.4) is 0 Å². The fourth-order valence-corrected chi connectivity index (χ4v) is 2.81. The minimum Gasteiger partial charge on any atom is -0.542 e. The topological polar surface area (TPSA) is 53.3 Å². The summed E-state index contributed by atoms with van der Waals surface area (Å²) in [5, 5.41) is 11.3. The van der Waals surface area contributed by atoms with Crippen molar-refractivity contribution in [1.82, 2.24) is 0 Å². The molecule has 1 aromatic heterocycles. The molecular weight excluding hydrogens is 363 g/mol. The number of halogens is 2. The number of furan rings is 1. The summed E-state index contributed by atoms with van der Waals surface area (Å²) < 4.78 is 6.85. The van der Waals surface area contributed by atoms with Gasteiger partial charge in [0, 0.05) is 8.96 Å². The molecular formula is C9H3BrIO3-. The Morgan fingerprint density at radius 1 is 1.43 bits per heavy atom. The van der Waals surface area contributed by atoms with Gasteiger partial charge >= 0.3 is 0 Å². The quantitative estimate of drug-likeness (QED) is 0.728. The SMILES string of the molecule is O=C([O-])c1cc2cc(I)cc(Br)c2o1. The zero-order valence-corrected chi connectivity index (χ0v) is 10.5. The van der Waals surface area contributed by atoms with Crippen molar-refractivity contribution in [3.05, 3.63) is 32.0 Å². The van der Waals surface area contributed by atoms with Gasteiger partial charge < -0.3 is 14.3 Å². The summed E-state index contributed by atoms with van der Waals surface area (Å²) in [4.78, 5) is 10.5. The number of fused-ring (bicyclic) bond motifs is 1. The van der Waals surface area contributed by atoms with Crippen molar-refractivity contribution < 1.29 is 14.3 Å². The molecule has 0 aliphatic carbocycles. The average Bonchev–Trinajstić information content (AvgIpc) is 2.47. The van der Waals surface area contributed by atoms with Crippen molar-refractivity contribution in [1.29, 1.82) is 0 Å². The molecule has 1 heterocycles. The number of carboxylic acid groups (broad SMARTS) is 1. The summed E-state index contributed by atoms with van der Waals surface area (Å²) in [6, 6.07) is 5.15. The Kier molecular flexibility index (Phi) is 2.52. The molecule has 14 heavy (non-hydrogen) atoms. The molecule has 5 heteroatoms. The normalized spacial score (nSPS) is 10.7. The predicted molar refractivity (Wildman–Crippen MR) is 61.0 cm³/mol. The molecule has 0 fully saturated rings. The number of hydrogen-bond donors (Lipinski definition) is 0. The fourth-order valence-electron chi connectivity index (χ4n) is 1.18. The molecule has 0 radical (unpaired) electrons. The van der Waals surface area contributed by atoms with Crippen molar-refractivity contribution in [3.63, 3.8) is 0 Å². The minimum absolute atomic E-state index is 0.150. The summed E-state index contributed by atoms with van der Waals surface area (Å²) in [5.41, 5.74) is 0.532. The van der Waals surface area contributed by atoms with Gasteiger partial charge in [-0.05, 0) is 56.7 Å². The highest BCUT2D eigenvalue weighted by Crippen LogP contribution is 2.29. The maximum atomic E-state index is 10.5. The van der Waals surface area contributed by atoms with E-state index in [4.69, 9.17) is 4.42 Å². The molecule has 2 rings (SSSR count). The molecule has 0 aliphatic rings. The first kappa shape index (κ1) is 9.97. The van der Waals surface area contributed by atoms with E-state index < -0.39 is 5.97 Å². The Hall–Kier alpha value is -0.560. The van der Waals surface area contributed by atoms with Crippen LogP contribution < -0.4 is 5.11 Å². The first-order chi connectivity index (χ1) is 6.58. The lowest BCUT2D eigenvalue weighted by Gasteiger charge is -1.94. The molecule has 0 amide bonds. The lowest BCUT2D eigenvalue weighted by Crippen LogP contribution is -2.21. The molecule has 1 aromatic carbocycles. The number of carbonyl (C=O) groups excluding carboxylic acids is 1. The van der Waals surface area contributed by atoms with Crippen LogP contribution in [0, 0.1) is 3.57 Å². The zero-order chi connectivity index (χ0) is 10.3. The number of hydrogen-bond acceptors (Lipinski definition) is 3. The summed E-state index contributed by atoms with van der Waals surface area (Å²) in [7, 11) is 0. The lowest BCUT2D eigenvalue weighted by atomic mass is 10.2. The summed E-state index contributed by atoms with van der Waals surface area (Å²) >= 11 is 5.44. The van der Waals surface area contributed by atoms with Crippen LogP contribution in [0.25, 0.3) is 11.0 Å². The van der Waals surface area contributed by atoms with Crippen LogP contribution >= 0.6 is 38.5 Å². The van der Waals surface area contributed by atoms with Gasteiger partial charge in [-0.3, -0.25) is 0 Å². The number of carbonyl (C=O) groups is 1. The zero-order valence-electron chi connectivity index (χ0n) is 6.71. The highest BCUT2D eigenvalue weighted by Gasteiger charge is 2.08. The van der Waals surface area contributed by atoms with Crippen LogP contribution in [0.5, 0.6) is 0 Å². The van der Waals surface area contributed by atoms with Crippen molar-refractivity contribution in [2.24, 2.45) is 0 Å². The molecule has 0 saturated heterocycles. The number of benzene rings is 1. The van der Waals surface area contributed by atoms with Crippen LogP contribution in [-0.4, -0.2) is 5.97 Å². The average molecular weight is 366 g/mol. The van der Waals surface area contributed by atoms with Crippen molar-refractivity contribution in [3.8, 4) is 0 Å². The van der Waals surface area contributed by atoms with E-state index >= 15 is 0 Å². The third-order valence-electron chi connectivity index (χ3n) is 1.74. The van der Waals surface area contributed by atoms with Gasteiger partial charge in [0.15, 0.2) is 5.76 Å². The molecule has 2 aromatic rings. The lowest BCUT2D eigenvalue weighted by molar-refractivity contribution is -0.256. The van der Waals surface area contributed by atoms with E-state index in [1.54, 1.807) is 0 Å². The van der Waals surface area contributed by atoms with E-state index in [0.29, 0.717) is 5.58 Å². The summed E-state index contributed by atoms with van der Waals surface area (Å²) in [6.07, 6.45) is 0. The maximum Gasteiger partial charge on any atom is 0.150 e. The molecule has 0 unspecified atom stereocenters. The minimum atomic E-state index is -1.30. The van der Waals surface area contributed by atoms with Gasteiger partial charge in [0.2, 0.25) is 0 Å². The van der Waals surface area contributed by atoms with Gasteiger partial charge in [-0.15, -0.1) is 0 Å². The van der Waals surface area contributed by atoms with Crippen molar-refractivity contribution >= 4 is 55.5 Å². The highest BCUT2D eigenvalue weighted by atomic mass is 127. The number of aromatic carboxylic acids is 1. The van der Waals surface area contributed by atoms with Crippen molar-refractivity contribution in [2.75, 3.05) is 0 Å². The van der Waals surface area contributed by atoms with Gasteiger partial charge in [-0.25, -0.2) is 0 Å². The first-order valence-corrected chi connectivity index (χ1v) is 5.55. The Morgan fingerprint density at radius 2 is 2.14 bits per heavy atom. The van der Waals surface area contributed by atoms with Gasteiger partial charge in [0.25, 0.3) is 0 Å². The summed E-state index contributed by atoms with van der Waals surface area (Å²) in [5.74, 6) is -1.45. The van der Waals surface area contributed by atoms with Gasteiger partial charge in [-0.2, -0.15) is 0 Å². The Labute approximate surface area is 101 Å². The first-order valence-electron chi connectivity index (χ1n) is 3.68. The molecule has 3 nitrogen and oxygen atoms in total. The van der Waals surface area contributed by atoms with Crippen LogP contribution in [0.15, 0.2) is 27.1 Å². The molecule has 0 aliphatic heterocycles. The molecule has 0 spiro atoms. The third kappa shape index (κ3) is 1.66. The predicted octanol–water partition coefficient (Wildman–Crippen LogP) is 2.16. The third-order valence-corrected chi connectivity index (χ3v) is 2.95. The van der Waals surface area contributed by atoms with Gasteiger partial charge in [-0.1, -0.05) is 0 Å². The van der Waals surface area contributed by atoms with E-state index in [9.17, 15) is 9.90 Å². The van der Waals surface area contributed by atoms with Gasteiger partial charge in [0.05, 0.1) is 4.47 Å². The van der Waals surface area contributed by atoms with Crippen LogP contribution in [0.1, 0.15) is 10.6 Å².